The lowest BCUT2D eigenvalue weighted by molar-refractivity contribution is 0.111. The van der Waals surface area contributed by atoms with Crippen LogP contribution in [-0.4, -0.2) is 46.0 Å². The van der Waals surface area contributed by atoms with Gasteiger partial charge in [0.15, 0.2) is 5.82 Å². The van der Waals surface area contributed by atoms with E-state index in [1.807, 2.05) is 20.8 Å². The zero-order valence-corrected chi connectivity index (χ0v) is 15.1. The van der Waals surface area contributed by atoms with Gasteiger partial charge < -0.3 is 18.6 Å². The molecule has 9 nitrogen and oxygen atoms in total. The number of urea groups is 1. The number of methoxy groups -OCH3 is 1. The molecule has 2 aromatic heterocycles. The van der Waals surface area contributed by atoms with E-state index in [0.717, 1.165) is 0 Å². The van der Waals surface area contributed by atoms with Crippen molar-refractivity contribution in [2.45, 2.75) is 51.7 Å². The average molecular weight is 349 g/mol. The van der Waals surface area contributed by atoms with Gasteiger partial charge in [0.1, 0.15) is 11.8 Å². The maximum atomic E-state index is 12.7. The molecule has 0 spiro atoms. The molecule has 0 aliphatic carbocycles. The third-order valence-corrected chi connectivity index (χ3v) is 4.17. The van der Waals surface area contributed by atoms with Gasteiger partial charge in [-0.25, -0.2) is 4.79 Å². The van der Waals surface area contributed by atoms with Gasteiger partial charge in [0.2, 0.25) is 11.8 Å². The van der Waals surface area contributed by atoms with Gasteiger partial charge in [0.25, 0.3) is 0 Å². The van der Waals surface area contributed by atoms with Crippen LogP contribution in [-0.2, 0) is 10.2 Å². The molecule has 3 heterocycles. The van der Waals surface area contributed by atoms with E-state index < -0.39 is 0 Å². The van der Waals surface area contributed by atoms with Crippen molar-refractivity contribution in [2.24, 2.45) is 0 Å². The molecule has 0 unspecified atom stereocenters. The van der Waals surface area contributed by atoms with E-state index in [4.69, 9.17) is 13.7 Å². The second-order valence-corrected chi connectivity index (χ2v) is 7.18. The van der Waals surface area contributed by atoms with Crippen LogP contribution in [0.15, 0.2) is 15.0 Å². The number of hydrogen-bond donors (Lipinski definition) is 1. The standard InChI is InChI=1S/C16H23N5O4/c1-9-18-19-14(24-9)11-6-10(23-5)8-21(11)15(22)17-13-7-12(25-20-13)16(2,3)4/h7,10-11H,6,8H2,1-5H3,(H,17,20,22)/t10-,11+/m0/s1. The Morgan fingerprint density at radius 1 is 1.40 bits per heavy atom. The Kier molecular flexibility index (Phi) is 4.51. The molecule has 1 saturated heterocycles. The molecule has 0 radical (unpaired) electrons. The van der Waals surface area contributed by atoms with Crippen LogP contribution in [0, 0.1) is 6.92 Å². The summed E-state index contributed by atoms with van der Waals surface area (Å²) in [5.41, 5.74) is -0.186. The van der Waals surface area contributed by atoms with Gasteiger partial charge in [0.05, 0.1) is 6.10 Å². The maximum Gasteiger partial charge on any atom is 0.323 e. The number of carbonyl (C=O) groups excluding carboxylic acids is 1. The summed E-state index contributed by atoms with van der Waals surface area (Å²) in [5, 5.41) is 14.6. The molecule has 25 heavy (non-hydrogen) atoms. The van der Waals surface area contributed by atoms with Gasteiger partial charge >= 0.3 is 6.03 Å². The fourth-order valence-electron chi connectivity index (χ4n) is 2.74. The molecule has 2 atom stereocenters. The van der Waals surface area contributed by atoms with E-state index in [1.165, 1.54) is 0 Å². The largest absolute Gasteiger partial charge is 0.423 e. The number of likely N-dealkylation sites (tertiary alicyclic amines) is 1. The summed E-state index contributed by atoms with van der Waals surface area (Å²) in [6.07, 6.45) is 0.503. The van der Waals surface area contributed by atoms with Gasteiger partial charge in [0, 0.05) is 38.5 Å². The number of anilines is 1. The van der Waals surface area contributed by atoms with Crippen LogP contribution in [0.4, 0.5) is 10.6 Å². The Morgan fingerprint density at radius 2 is 2.16 bits per heavy atom. The minimum absolute atomic E-state index is 0.0922. The Labute approximate surface area is 145 Å². The molecule has 3 rings (SSSR count). The van der Waals surface area contributed by atoms with Crippen LogP contribution in [0.25, 0.3) is 0 Å². The summed E-state index contributed by atoms with van der Waals surface area (Å²) in [6.45, 7) is 8.18. The van der Waals surface area contributed by atoms with Crippen molar-refractivity contribution >= 4 is 11.8 Å². The number of ether oxygens (including phenoxy) is 1. The van der Waals surface area contributed by atoms with E-state index >= 15 is 0 Å². The minimum Gasteiger partial charge on any atom is -0.423 e. The summed E-state index contributed by atoms with van der Waals surface area (Å²) in [4.78, 5) is 14.3. The highest BCUT2D eigenvalue weighted by atomic mass is 16.5. The predicted molar refractivity (Wildman–Crippen MR) is 88.1 cm³/mol. The summed E-state index contributed by atoms with van der Waals surface area (Å²) in [6, 6.07) is 1.09. The first-order valence-corrected chi connectivity index (χ1v) is 8.15. The Bertz CT molecular complexity index is 748. The highest BCUT2D eigenvalue weighted by Crippen LogP contribution is 2.33. The molecule has 9 heteroatoms. The highest BCUT2D eigenvalue weighted by molar-refractivity contribution is 5.88. The maximum absolute atomic E-state index is 12.7. The zero-order chi connectivity index (χ0) is 18.2. The normalized spacial score (nSPS) is 20.9. The molecule has 0 bridgehead atoms. The smallest absolute Gasteiger partial charge is 0.323 e. The molecule has 2 aromatic rings. The lowest BCUT2D eigenvalue weighted by Crippen LogP contribution is -2.35. The lowest BCUT2D eigenvalue weighted by Gasteiger charge is -2.21. The number of rotatable bonds is 3. The molecule has 0 aromatic carbocycles. The fraction of sp³-hybridized carbons (Fsp3) is 0.625. The number of hydrogen-bond acceptors (Lipinski definition) is 7. The number of nitrogens with zero attached hydrogens (tertiary/aromatic N) is 4. The molecule has 2 amide bonds. The predicted octanol–water partition coefficient (Wildman–Crippen LogP) is 2.66. The van der Waals surface area contributed by atoms with Gasteiger partial charge in [-0.15, -0.1) is 10.2 Å². The van der Waals surface area contributed by atoms with Crippen LogP contribution < -0.4 is 5.32 Å². The molecule has 136 valence electrons. The number of aromatic nitrogens is 3. The van der Waals surface area contributed by atoms with Crippen LogP contribution in [0.1, 0.15) is 50.8 Å². The first-order chi connectivity index (χ1) is 11.8. The van der Waals surface area contributed by atoms with Gasteiger partial charge in [-0.3, -0.25) is 5.32 Å². The van der Waals surface area contributed by atoms with Gasteiger partial charge in [-0.2, -0.15) is 0 Å². The first-order valence-electron chi connectivity index (χ1n) is 8.15. The second kappa shape index (κ2) is 6.47. The molecule has 1 fully saturated rings. The summed E-state index contributed by atoms with van der Waals surface area (Å²) >= 11 is 0. The fourth-order valence-corrected chi connectivity index (χ4v) is 2.74. The van der Waals surface area contributed by atoms with E-state index in [2.05, 4.69) is 20.7 Å². The number of amides is 2. The molecular formula is C16H23N5O4. The molecule has 1 aliphatic rings. The third kappa shape index (κ3) is 3.65. The summed E-state index contributed by atoms with van der Waals surface area (Å²) in [5.74, 6) is 1.93. The van der Waals surface area contributed by atoms with Crippen LogP contribution >= 0.6 is 0 Å². The van der Waals surface area contributed by atoms with Crippen LogP contribution in [0.2, 0.25) is 0 Å². The Hall–Kier alpha value is -2.42. The van der Waals surface area contributed by atoms with Crippen molar-refractivity contribution in [2.75, 3.05) is 19.0 Å². The second-order valence-electron chi connectivity index (χ2n) is 7.18. The monoisotopic (exact) mass is 349 g/mol. The lowest BCUT2D eigenvalue weighted by atomic mass is 9.93. The van der Waals surface area contributed by atoms with Crippen molar-refractivity contribution in [1.82, 2.24) is 20.3 Å². The van der Waals surface area contributed by atoms with Crippen LogP contribution in [0.3, 0.4) is 0 Å². The average Bonchev–Trinajstić information content (AvgIpc) is 3.24. The molecule has 1 N–H and O–H groups in total. The van der Waals surface area contributed by atoms with E-state index in [1.54, 1.807) is 25.0 Å². The minimum atomic E-state index is -0.333. The number of nitrogens with one attached hydrogen (secondary N) is 1. The number of aryl methyl sites for hydroxylation is 1. The first kappa shape index (κ1) is 17.4. The quantitative estimate of drug-likeness (QED) is 0.907. The van der Waals surface area contributed by atoms with Crippen molar-refractivity contribution in [3.05, 3.63) is 23.6 Å². The van der Waals surface area contributed by atoms with Crippen molar-refractivity contribution < 1.29 is 18.5 Å². The van der Waals surface area contributed by atoms with Crippen molar-refractivity contribution in [1.29, 1.82) is 0 Å². The van der Waals surface area contributed by atoms with E-state index in [-0.39, 0.29) is 23.6 Å². The van der Waals surface area contributed by atoms with Gasteiger partial charge in [-0.1, -0.05) is 25.9 Å². The summed E-state index contributed by atoms with van der Waals surface area (Å²) in [7, 11) is 1.62. The molecular weight excluding hydrogens is 326 g/mol. The Morgan fingerprint density at radius 3 is 2.72 bits per heavy atom. The van der Waals surface area contributed by atoms with Crippen molar-refractivity contribution in [3.63, 3.8) is 0 Å². The highest BCUT2D eigenvalue weighted by Gasteiger charge is 2.39. The van der Waals surface area contributed by atoms with Gasteiger partial charge in [-0.05, 0) is 0 Å². The topological polar surface area (TPSA) is 107 Å². The summed E-state index contributed by atoms with van der Waals surface area (Å²) < 4.78 is 16.2. The SMILES string of the molecule is CO[C@H]1C[C@H](c2nnc(C)o2)N(C(=O)Nc2cc(C(C)(C)C)on2)C1. The zero-order valence-electron chi connectivity index (χ0n) is 15.1. The van der Waals surface area contributed by atoms with E-state index in [0.29, 0.717) is 36.3 Å². The molecule has 0 saturated carbocycles. The van der Waals surface area contributed by atoms with E-state index in [9.17, 15) is 4.79 Å². The molecule has 1 aliphatic heterocycles. The van der Waals surface area contributed by atoms with Crippen LogP contribution in [0.5, 0.6) is 0 Å². The van der Waals surface area contributed by atoms with Crippen molar-refractivity contribution in [3.8, 4) is 0 Å². The number of carbonyl (C=O) groups is 1. The third-order valence-electron chi connectivity index (χ3n) is 4.17. The Balaban J connectivity index is 1.76.